The number of hydrogen-bond donors (Lipinski definition) is 1. The Kier molecular flexibility index (Phi) is 3.60. The highest BCUT2D eigenvalue weighted by atomic mass is 35.5. The van der Waals surface area contributed by atoms with E-state index in [1.807, 2.05) is 60.0 Å². The standard InChI is InChI=1S/C19H17Cl2N3O/c1-12-8-9-14-22-15(13-6-4-3-5-7-13)16(24(14)10-12)23-17(25)18(2)11-19(18,20)21/h3-10H,11H2,1-2H3,(H,23,25). The normalized spacial score (nSPS) is 21.3. The molecule has 6 heteroatoms. The van der Waals surface area contributed by atoms with Crippen LogP contribution in [-0.4, -0.2) is 19.6 Å². The van der Waals surface area contributed by atoms with Crippen molar-refractivity contribution in [3.63, 3.8) is 0 Å². The zero-order chi connectivity index (χ0) is 17.8. The van der Waals surface area contributed by atoms with E-state index in [9.17, 15) is 4.79 Å². The average Bonchev–Trinajstić information content (AvgIpc) is 2.94. The van der Waals surface area contributed by atoms with E-state index in [1.54, 1.807) is 6.92 Å². The first-order valence-corrected chi connectivity index (χ1v) is 8.81. The minimum absolute atomic E-state index is 0.196. The van der Waals surface area contributed by atoms with Crippen molar-refractivity contribution < 1.29 is 4.79 Å². The Morgan fingerprint density at radius 3 is 2.52 bits per heavy atom. The monoisotopic (exact) mass is 373 g/mol. The van der Waals surface area contributed by atoms with Crippen molar-refractivity contribution in [2.45, 2.75) is 24.6 Å². The quantitative estimate of drug-likeness (QED) is 0.668. The molecular formula is C19H17Cl2N3O. The SMILES string of the molecule is Cc1ccc2nc(-c3ccccc3)c(NC(=O)C3(C)CC3(Cl)Cl)n2c1. The van der Waals surface area contributed by atoms with Crippen LogP contribution in [0, 0.1) is 12.3 Å². The topological polar surface area (TPSA) is 46.4 Å². The molecule has 2 heterocycles. The number of anilines is 1. The van der Waals surface area contributed by atoms with Crippen LogP contribution in [0.3, 0.4) is 0 Å². The summed E-state index contributed by atoms with van der Waals surface area (Å²) in [5, 5.41) is 3.01. The Morgan fingerprint density at radius 1 is 1.20 bits per heavy atom. The number of carbonyl (C=O) groups excluding carboxylic acids is 1. The molecule has 1 aromatic carbocycles. The summed E-state index contributed by atoms with van der Waals surface area (Å²) in [5.74, 6) is 0.435. The van der Waals surface area contributed by atoms with Gasteiger partial charge in [-0.2, -0.15) is 0 Å². The zero-order valence-electron chi connectivity index (χ0n) is 13.9. The summed E-state index contributed by atoms with van der Waals surface area (Å²) in [6.07, 6.45) is 2.39. The summed E-state index contributed by atoms with van der Waals surface area (Å²) >= 11 is 12.3. The molecule has 0 saturated heterocycles. The van der Waals surface area contributed by atoms with Gasteiger partial charge in [-0.25, -0.2) is 4.98 Å². The molecule has 1 saturated carbocycles. The molecular weight excluding hydrogens is 357 g/mol. The van der Waals surface area contributed by atoms with E-state index in [4.69, 9.17) is 28.2 Å². The fourth-order valence-corrected chi connectivity index (χ4v) is 3.67. The number of pyridine rings is 1. The summed E-state index contributed by atoms with van der Waals surface area (Å²) in [6, 6.07) is 13.7. The van der Waals surface area contributed by atoms with Crippen LogP contribution >= 0.6 is 23.2 Å². The van der Waals surface area contributed by atoms with Gasteiger partial charge in [-0.05, 0) is 31.9 Å². The Bertz CT molecular complexity index is 981. The second-order valence-electron chi connectivity index (χ2n) is 6.78. The summed E-state index contributed by atoms with van der Waals surface area (Å²) in [5.41, 5.74) is 2.70. The Hall–Kier alpha value is -2.04. The maximum atomic E-state index is 12.8. The molecule has 25 heavy (non-hydrogen) atoms. The molecule has 1 atom stereocenters. The molecule has 128 valence electrons. The smallest absolute Gasteiger partial charge is 0.234 e. The number of alkyl halides is 2. The van der Waals surface area contributed by atoms with Crippen LogP contribution in [0.1, 0.15) is 18.9 Å². The number of amides is 1. The van der Waals surface area contributed by atoms with Crippen LogP contribution in [0.4, 0.5) is 5.82 Å². The molecule has 0 aliphatic heterocycles. The third-order valence-corrected chi connectivity index (χ3v) is 5.91. The Morgan fingerprint density at radius 2 is 1.88 bits per heavy atom. The van der Waals surface area contributed by atoms with Crippen LogP contribution < -0.4 is 5.32 Å². The van der Waals surface area contributed by atoms with E-state index < -0.39 is 9.75 Å². The summed E-state index contributed by atoms with van der Waals surface area (Å²) < 4.78 is 0.881. The first-order valence-electron chi connectivity index (χ1n) is 8.05. The minimum atomic E-state index is -1.01. The van der Waals surface area contributed by atoms with E-state index >= 15 is 0 Å². The molecule has 1 aliphatic carbocycles. The number of halogens is 2. The van der Waals surface area contributed by atoms with Crippen molar-refractivity contribution in [2.75, 3.05) is 5.32 Å². The third-order valence-electron chi connectivity index (χ3n) is 4.80. The van der Waals surface area contributed by atoms with Crippen LogP contribution in [-0.2, 0) is 4.79 Å². The number of imidazole rings is 1. The lowest BCUT2D eigenvalue weighted by atomic mass is 10.1. The average molecular weight is 374 g/mol. The molecule has 1 unspecified atom stereocenters. The highest BCUT2D eigenvalue weighted by Gasteiger charge is 2.68. The predicted molar refractivity (Wildman–Crippen MR) is 101 cm³/mol. The van der Waals surface area contributed by atoms with Crippen LogP contribution in [0.15, 0.2) is 48.7 Å². The van der Waals surface area contributed by atoms with Crippen molar-refractivity contribution in [1.82, 2.24) is 9.38 Å². The van der Waals surface area contributed by atoms with Gasteiger partial charge in [0.2, 0.25) is 5.91 Å². The number of aromatic nitrogens is 2. The number of hydrogen-bond acceptors (Lipinski definition) is 2. The van der Waals surface area contributed by atoms with E-state index in [0.29, 0.717) is 12.2 Å². The van der Waals surface area contributed by atoms with Crippen LogP contribution in [0.25, 0.3) is 16.9 Å². The minimum Gasteiger partial charge on any atom is -0.309 e. The molecule has 1 N–H and O–H groups in total. The van der Waals surface area contributed by atoms with Crippen molar-refractivity contribution in [1.29, 1.82) is 0 Å². The van der Waals surface area contributed by atoms with Gasteiger partial charge >= 0.3 is 0 Å². The molecule has 4 rings (SSSR count). The van der Waals surface area contributed by atoms with Crippen LogP contribution in [0.2, 0.25) is 0 Å². The number of fused-ring (bicyclic) bond motifs is 1. The van der Waals surface area contributed by atoms with Crippen molar-refractivity contribution in [3.05, 3.63) is 54.2 Å². The van der Waals surface area contributed by atoms with Gasteiger partial charge in [-0.3, -0.25) is 9.20 Å². The van der Waals surface area contributed by atoms with E-state index in [-0.39, 0.29) is 5.91 Å². The molecule has 3 aromatic rings. The molecule has 1 fully saturated rings. The first kappa shape index (κ1) is 16.4. The largest absolute Gasteiger partial charge is 0.309 e. The van der Waals surface area contributed by atoms with Gasteiger partial charge in [-0.1, -0.05) is 36.4 Å². The lowest BCUT2D eigenvalue weighted by Gasteiger charge is -2.14. The highest BCUT2D eigenvalue weighted by Crippen LogP contribution is 2.64. The van der Waals surface area contributed by atoms with E-state index in [2.05, 4.69) is 5.32 Å². The molecule has 4 nitrogen and oxygen atoms in total. The molecule has 0 spiro atoms. The predicted octanol–water partition coefficient (Wildman–Crippen LogP) is 4.83. The zero-order valence-corrected chi connectivity index (χ0v) is 15.4. The highest BCUT2D eigenvalue weighted by molar-refractivity contribution is 6.53. The summed E-state index contributed by atoms with van der Waals surface area (Å²) in [6.45, 7) is 3.77. The molecule has 1 aliphatic rings. The molecule has 0 radical (unpaired) electrons. The maximum absolute atomic E-state index is 12.8. The van der Waals surface area contributed by atoms with Crippen molar-refractivity contribution >= 4 is 40.6 Å². The van der Waals surface area contributed by atoms with Gasteiger partial charge < -0.3 is 5.32 Å². The number of nitrogens with one attached hydrogen (secondary N) is 1. The number of rotatable bonds is 3. The van der Waals surface area contributed by atoms with E-state index in [1.165, 1.54) is 0 Å². The maximum Gasteiger partial charge on any atom is 0.234 e. The van der Waals surface area contributed by atoms with Gasteiger partial charge in [-0.15, -0.1) is 23.2 Å². The third kappa shape index (κ3) is 2.60. The van der Waals surface area contributed by atoms with Crippen molar-refractivity contribution in [3.8, 4) is 11.3 Å². The van der Waals surface area contributed by atoms with Gasteiger partial charge in [0.15, 0.2) is 0 Å². The summed E-state index contributed by atoms with van der Waals surface area (Å²) in [4.78, 5) is 17.5. The number of carbonyl (C=O) groups is 1. The Balaban J connectivity index is 1.83. The molecule has 0 bridgehead atoms. The number of nitrogens with zero attached hydrogens (tertiary/aromatic N) is 2. The van der Waals surface area contributed by atoms with Gasteiger partial charge in [0, 0.05) is 11.8 Å². The van der Waals surface area contributed by atoms with Gasteiger partial charge in [0.25, 0.3) is 0 Å². The lowest BCUT2D eigenvalue weighted by molar-refractivity contribution is -0.120. The van der Waals surface area contributed by atoms with Crippen LogP contribution in [0.5, 0.6) is 0 Å². The number of benzene rings is 1. The molecule has 2 aromatic heterocycles. The number of aryl methyl sites for hydroxylation is 1. The first-order chi connectivity index (χ1) is 11.8. The molecule has 1 amide bonds. The van der Waals surface area contributed by atoms with Crippen molar-refractivity contribution in [2.24, 2.45) is 5.41 Å². The van der Waals surface area contributed by atoms with Gasteiger partial charge in [0.1, 0.15) is 21.5 Å². The second kappa shape index (κ2) is 5.48. The second-order valence-corrected chi connectivity index (χ2v) is 8.26. The lowest BCUT2D eigenvalue weighted by Crippen LogP contribution is -2.26. The Labute approximate surface area is 155 Å². The van der Waals surface area contributed by atoms with E-state index in [0.717, 1.165) is 22.5 Å². The fourth-order valence-electron chi connectivity index (χ4n) is 2.96. The van der Waals surface area contributed by atoms with Gasteiger partial charge in [0.05, 0.1) is 5.41 Å². The fraction of sp³-hybridized carbons (Fsp3) is 0.263. The summed E-state index contributed by atoms with van der Waals surface area (Å²) in [7, 11) is 0.